The van der Waals surface area contributed by atoms with E-state index in [1.807, 2.05) is 0 Å². The van der Waals surface area contributed by atoms with E-state index in [4.69, 9.17) is 0 Å². The third-order valence-electron chi connectivity index (χ3n) is 1.32. The number of rotatable bonds is 0. The molecule has 0 aliphatic carbocycles. The van der Waals surface area contributed by atoms with Crippen molar-refractivity contribution in [3.05, 3.63) is 0 Å². The Hall–Kier alpha value is 0.0200. The van der Waals surface area contributed by atoms with Crippen molar-refractivity contribution in [3.8, 4) is 0 Å². The smallest absolute Gasteiger partial charge is 0.0673 e. The van der Waals surface area contributed by atoms with Gasteiger partial charge in [0.05, 0.1) is 5.04 Å². The van der Waals surface area contributed by atoms with Crippen molar-refractivity contribution >= 4 is 16.8 Å². The Bertz CT molecular complexity index is 98.7. The third-order valence-corrected chi connectivity index (χ3v) is 2.13. The number of thioether (sulfide) groups is 1. The summed E-state index contributed by atoms with van der Waals surface area (Å²) >= 11 is 1.80. The molecular weight excluding hydrogens is 118 g/mol. The van der Waals surface area contributed by atoms with Crippen LogP contribution in [0.25, 0.3) is 0 Å². The molecule has 1 aliphatic heterocycles. The summed E-state index contributed by atoms with van der Waals surface area (Å²) in [6, 6.07) is 0. The van der Waals surface area contributed by atoms with Gasteiger partial charge in [-0.05, 0) is 25.5 Å². The first-order chi connectivity index (χ1) is 3.93. The van der Waals surface area contributed by atoms with Gasteiger partial charge in [0.15, 0.2) is 0 Å². The lowest BCUT2D eigenvalue weighted by molar-refractivity contribution is 0.745. The lowest BCUT2D eigenvalue weighted by Crippen LogP contribution is -2.00. The van der Waals surface area contributed by atoms with Gasteiger partial charge >= 0.3 is 0 Å². The van der Waals surface area contributed by atoms with E-state index in [-0.39, 0.29) is 0 Å². The number of nitrogens with zero attached hydrogens (tertiary/aromatic N) is 1. The Balaban J connectivity index is 2.37. The Morgan fingerprint density at radius 3 is 2.75 bits per heavy atom. The highest BCUT2D eigenvalue weighted by Gasteiger charge is 2.01. The normalized spacial score (nSPS) is 20.4. The van der Waals surface area contributed by atoms with Crippen LogP contribution in [-0.2, 0) is 0 Å². The first-order valence-corrected chi connectivity index (χ1v) is 4.23. The molecule has 1 nitrogen and oxygen atoms in total. The summed E-state index contributed by atoms with van der Waals surface area (Å²) in [6.45, 7) is 1.07. The topological polar surface area (TPSA) is 12.4 Å². The molecule has 1 aliphatic rings. The molecule has 0 saturated carbocycles. The van der Waals surface area contributed by atoms with Crippen LogP contribution in [0, 0.1) is 0 Å². The average Bonchev–Trinajstić information content (AvgIpc) is 1.90. The molecule has 0 fully saturated rings. The van der Waals surface area contributed by atoms with E-state index in [9.17, 15) is 0 Å². The quantitative estimate of drug-likeness (QED) is 0.487. The highest BCUT2D eigenvalue weighted by atomic mass is 32.2. The number of hydrogen-bond acceptors (Lipinski definition) is 2. The minimum absolute atomic E-state index is 1.07. The minimum Gasteiger partial charge on any atom is -0.283 e. The molecule has 0 aromatic rings. The maximum Gasteiger partial charge on any atom is 0.0673 e. The van der Waals surface area contributed by atoms with Crippen LogP contribution >= 0.6 is 11.8 Å². The van der Waals surface area contributed by atoms with E-state index in [1.165, 1.54) is 24.3 Å². The number of hydrogen-bond donors (Lipinski definition) is 0. The van der Waals surface area contributed by atoms with Gasteiger partial charge in [0.1, 0.15) is 0 Å². The van der Waals surface area contributed by atoms with E-state index < -0.39 is 0 Å². The van der Waals surface area contributed by atoms with Gasteiger partial charge in [0, 0.05) is 6.54 Å². The summed E-state index contributed by atoms with van der Waals surface area (Å²) in [6.07, 6.45) is 5.97. The SMILES string of the molecule is CSC1=NCCCC1. The first-order valence-electron chi connectivity index (χ1n) is 3.01. The van der Waals surface area contributed by atoms with Crippen molar-refractivity contribution in [2.75, 3.05) is 12.8 Å². The van der Waals surface area contributed by atoms with Gasteiger partial charge in [-0.2, -0.15) is 0 Å². The molecule has 0 aromatic carbocycles. The lowest BCUT2D eigenvalue weighted by atomic mass is 10.2. The molecule has 0 saturated heterocycles. The fraction of sp³-hybridized carbons (Fsp3) is 0.833. The fourth-order valence-electron chi connectivity index (χ4n) is 0.837. The summed E-state index contributed by atoms with van der Waals surface area (Å²) in [5, 5.41) is 1.34. The highest BCUT2D eigenvalue weighted by Crippen LogP contribution is 2.12. The third kappa shape index (κ3) is 1.51. The van der Waals surface area contributed by atoms with Crippen LogP contribution in [0.15, 0.2) is 4.99 Å². The zero-order chi connectivity index (χ0) is 5.82. The van der Waals surface area contributed by atoms with Gasteiger partial charge in [-0.15, -0.1) is 11.8 Å². The largest absolute Gasteiger partial charge is 0.283 e. The predicted molar refractivity (Wildman–Crippen MR) is 39.7 cm³/mol. The molecule has 0 bridgehead atoms. The standard InChI is InChI=1S/C6H11NS/c1-8-6-4-2-3-5-7-6/h2-5H2,1H3. The second kappa shape index (κ2) is 3.13. The number of aliphatic imine (C=N–C) groups is 1. The Kier molecular flexibility index (Phi) is 2.40. The molecule has 1 rings (SSSR count). The van der Waals surface area contributed by atoms with Gasteiger partial charge in [0.2, 0.25) is 0 Å². The van der Waals surface area contributed by atoms with Crippen LogP contribution in [0.4, 0.5) is 0 Å². The van der Waals surface area contributed by atoms with Gasteiger partial charge in [-0.3, -0.25) is 4.99 Å². The minimum atomic E-state index is 1.07. The molecule has 0 atom stereocenters. The van der Waals surface area contributed by atoms with Crippen LogP contribution in [0.5, 0.6) is 0 Å². The molecule has 0 radical (unpaired) electrons. The molecular formula is C6H11NS. The molecule has 0 aromatic heterocycles. The van der Waals surface area contributed by atoms with Gasteiger partial charge < -0.3 is 0 Å². The van der Waals surface area contributed by atoms with Crippen molar-refractivity contribution in [2.45, 2.75) is 19.3 Å². The van der Waals surface area contributed by atoms with Crippen LogP contribution in [0.3, 0.4) is 0 Å². The van der Waals surface area contributed by atoms with Crippen molar-refractivity contribution in [3.63, 3.8) is 0 Å². The zero-order valence-corrected chi connectivity index (χ0v) is 6.00. The fourth-order valence-corrected chi connectivity index (χ4v) is 1.41. The monoisotopic (exact) mass is 129 g/mol. The Morgan fingerprint density at radius 2 is 2.38 bits per heavy atom. The lowest BCUT2D eigenvalue weighted by Gasteiger charge is -2.07. The predicted octanol–water partition coefficient (Wildman–Crippen LogP) is 1.93. The van der Waals surface area contributed by atoms with Crippen molar-refractivity contribution in [2.24, 2.45) is 4.99 Å². The molecule has 0 unspecified atom stereocenters. The van der Waals surface area contributed by atoms with Crippen molar-refractivity contribution in [1.82, 2.24) is 0 Å². The first kappa shape index (κ1) is 6.14. The van der Waals surface area contributed by atoms with Crippen LogP contribution in [0.1, 0.15) is 19.3 Å². The summed E-state index contributed by atoms with van der Waals surface area (Å²) in [4.78, 5) is 4.33. The average molecular weight is 129 g/mol. The van der Waals surface area contributed by atoms with Crippen molar-refractivity contribution < 1.29 is 0 Å². The van der Waals surface area contributed by atoms with Gasteiger partial charge in [-0.25, -0.2) is 0 Å². The Morgan fingerprint density at radius 1 is 1.50 bits per heavy atom. The maximum absolute atomic E-state index is 4.33. The second-order valence-corrected chi connectivity index (χ2v) is 2.82. The summed E-state index contributed by atoms with van der Waals surface area (Å²) in [5.41, 5.74) is 0. The maximum atomic E-state index is 4.33. The van der Waals surface area contributed by atoms with Crippen LogP contribution in [0.2, 0.25) is 0 Å². The van der Waals surface area contributed by atoms with E-state index in [1.54, 1.807) is 11.8 Å². The summed E-state index contributed by atoms with van der Waals surface area (Å²) < 4.78 is 0. The van der Waals surface area contributed by atoms with Crippen molar-refractivity contribution in [1.29, 1.82) is 0 Å². The molecule has 46 valence electrons. The van der Waals surface area contributed by atoms with E-state index >= 15 is 0 Å². The molecule has 0 amide bonds. The van der Waals surface area contributed by atoms with E-state index in [0.717, 1.165) is 6.54 Å². The summed E-state index contributed by atoms with van der Waals surface area (Å²) in [5.74, 6) is 0. The molecule has 8 heavy (non-hydrogen) atoms. The highest BCUT2D eigenvalue weighted by molar-refractivity contribution is 8.13. The van der Waals surface area contributed by atoms with Gasteiger partial charge in [0.25, 0.3) is 0 Å². The summed E-state index contributed by atoms with van der Waals surface area (Å²) in [7, 11) is 0. The van der Waals surface area contributed by atoms with E-state index in [2.05, 4.69) is 11.2 Å². The van der Waals surface area contributed by atoms with Crippen LogP contribution in [-0.4, -0.2) is 17.8 Å². The molecule has 1 heterocycles. The van der Waals surface area contributed by atoms with E-state index in [0.29, 0.717) is 0 Å². The molecule has 0 spiro atoms. The second-order valence-electron chi connectivity index (χ2n) is 1.94. The Labute approximate surface area is 54.6 Å². The van der Waals surface area contributed by atoms with Gasteiger partial charge in [-0.1, -0.05) is 0 Å². The van der Waals surface area contributed by atoms with Crippen LogP contribution < -0.4 is 0 Å². The molecule has 0 N–H and O–H groups in total. The molecule has 2 heteroatoms. The zero-order valence-electron chi connectivity index (χ0n) is 5.18.